The van der Waals surface area contributed by atoms with E-state index in [0.29, 0.717) is 11.8 Å². The molecule has 0 amide bonds. The van der Waals surface area contributed by atoms with Crippen LogP contribution in [0.15, 0.2) is 48.5 Å². The van der Waals surface area contributed by atoms with Gasteiger partial charge in [-0.05, 0) is 59.2 Å². The molecule has 2 nitrogen and oxygen atoms in total. The molecular formula is C25H28O2. The summed E-state index contributed by atoms with van der Waals surface area (Å²) >= 11 is 0. The summed E-state index contributed by atoms with van der Waals surface area (Å²) in [6, 6.07) is 17.6. The molecule has 1 fully saturated rings. The van der Waals surface area contributed by atoms with E-state index >= 15 is 0 Å². The maximum absolute atomic E-state index is 5.72. The summed E-state index contributed by atoms with van der Waals surface area (Å²) in [5.41, 5.74) is 5.34. The topological polar surface area (TPSA) is 18.5 Å². The van der Waals surface area contributed by atoms with Crippen LogP contribution < -0.4 is 9.47 Å². The molecule has 3 aromatic carbocycles. The molecule has 3 aromatic rings. The molecule has 1 aliphatic carbocycles. The maximum Gasteiger partial charge on any atom is 0.164 e. The molecule has 0 aromatic heterocycles. The first kappa shape index (κ1) is 17.9. The fourth-order valence-electron chi connectivity index (χ4n) is 4.38. The fourth-order valence-corrected chi connectivity index (χ4v) is 4.38. The van der Waals surface area contributed by atoms with E-state index in [1.807, 2.05) is 0 Å². The molecule has 0 bridgehead atoms. The average molecular weight is 360 g/mol. The van der Waals surface area contributed by atoms with Gasteiger partial charge in [0.15, 0.2) is 11.5 Å². The van der Waals surface area contributed by atoms with Crippen LogP contribution in [-0.4, -0.2) is 14.2 Å². The summed E-state index contributed by atoms with van der Waals surface area (Å²) in [7, 11) is 3.48. The van der Waals surface area contributed by atoms with Crippen LogP contribution in [0.3, 0.4) is 0 Å². The van der Waals surface area contributed by atoms with Gasteiger partial charge in [-0.1, -0.05) is 55.8 Å². The van der Waals surface area contributed by atoms with Crippen molar-refractivity contribution in [3.8, 4) is 11.5 Å². The zero-order chi connectivity index (χ0) is 19.0. The van der Waals surface area contributed by atoms with Crippen molar-refractivity contribution in [1.82, 2.24) is 0 Å². The molecule has 0 spiro atoms. The van der Waals surface area contributed by atoms with Crippen LogP contribution in [0.5, 0.6) is 11.5 Å². The van der Waals surface area contributed by atoms with E-state index in [0.717, 1.165) is 11.5 Å². The summed E-state index contributed by atoms with van der Waals surface area (Å²) in [6.07, 6.45) is 3.79. The Kier molecular flexibility index (Phi) is 4.82. The van der Waals surface area contributed by atoms with Gasteiger partial charge in [0, 0.05) is 11.5 Å². The largest absolute Gasteiger partial charge is 0.493 e. The van der Waals surface area contributed by atoms with Gasteiger partial charge in [-0.2, -0.15) is 0 Å². The molecule has 0 saturated heterocycles. The monoisotopic (exact) mass is 360 g/mol. The molecule has 1 saturated carbocycles. The standard InChI is InChI=1S/C25H28O2/c1-16(21-13-12-19-8-5-6-11-22(19)17(21)2)20-14-23(18-9-7-10-18)25(27-4)24(15-20)26-3/h5-6,8,11-16,18H,7,9-10H2,1-4H3. The maximum atomic E-state index is 5.72. The molecule has 0 radical (unpaired) electrons. The van der Waals surface area contributed by atoms with Gasteiger partial charge in [0.1, 0.15) is 0 Å². The Bertz CT molecular complexity index is 969. The van der Waals surface area contributed by atoms with Crippen molar-refractivity contribution < 1.29 is 9.47 Å². The van der Waals surface area contributed by atoms with E-state index < -0.39 is 0 Å². The van der Waals surface area contributed by atoms with Crippen LogP contribution >= 0.6 is 0 Å². The Morgan fingerprint density at radius 3 is 2.41 bits per heavy atom. The van der Waals surface area contributed by atoms with Crippen molar-refractivity contribution in [2.45, 2.75) is 44.9 Å². The number of benzene rings is 3. The van der Waals surface area contributed by atoms with Crippen LogP contribution in [0.2, 0.25) is 0 Å². The zero-order valence-corrected chi connectivity index (χ0v) is 16.7. The Morgan fingerprint density at radius 2 is 1.74 bits per heavy atom. The number of aryl methyl sites for hydroxylation is 1. The highest BCUT2D eigenvalue weighted by Crippen LogP contribution is 2.46. The minimum atomic E-state index is 0.299. The van der Waals surface area contributed by atoms with Crippen molar-refractivity contribution in [2.75, 3.05) is 14.2 Å². The quantitative estimate of drug-likeness (QED) is 0.511. The molecule has 0 aliphatic heterocycles. The summed E-state index contributed by atoms with van der Waals surface area (Å²) in [5, 5.41) is 2.63. The molecule has 1 aliphatic rings. The van der Waals surface area contributed by atoms with Crippen molar-refractivity contribution >= 4 is 10.8 Å². The third kappa shape index (κ3) is 3.07. The van der Waals surface area contributed by atoms with E-state index in [4.69, 9.17) is 9.47 Å². The summed E-state index contributed by atoms with van der Waals surface area (Å²) in [5.74, 6) is 2.66. The van der Waals surface area contributed by atoms with Gasteiger partial charge in [0.05, 0.1) is 14.2 Å². The Hall–Kier alpha value is -2.48. The van der Waals surface area contributed by atoms with Gasteiger partial charge >= 0.3 is 0 Å². The zero-order valence-electron chi connectivity index (χ0n) is 16.7. The first-order valence-electron chi connectivity index (χ1n) is 9.88. The van der Waals surface area contributed by atoms with Crippen molar-refractivity contribution in [3.63, 3.8) is 0 Å². The van der Waals surface area contributed by atoms with E-state index in [1.165, 1.54) is 52.3 Å². The second-order valence-electron chi connectivity index (χ2n) is 7.70. The normalized spacial score (nSPS) is 15.4. The lowest BCUT2D eigenvalue weighted by molar-refractivity contribution is 0.336. The Balaban J connectivity index is 1.82. The second-order valence-corrected chi connectivity index (χ2v) is 7.70. The SMILES string of the molecule is COc1cc(C(C)c2ccc3ccccc3c2C)cc(C2CCC2)c1OC. The predicted octanol–water partition coefficient (Wildman–Crippen LogP) is 6.58. The van der Waals surface area contributed by atoms with Gasteiger partial charge in [-0.15, -0.1) is 0 Å². The van der Waals surface area contributed by atoms with Crippen LogP contribution in [0.4, 0.5) is 0 Å². The first-order chi connectivity index (χ1) is 13.1. The van der Waals surface area contributed by atoms with E-state index in [1.54, 1.807) is 14.2 Å². The first-order valence-corrected chi connectivity index (χ1v) is 9.88. The third-order valence-electron chi connectivity index (χ3n) is 6.28. The molecule has 1 atom stereocenters. The van der Waals surface area contributed by atoms with E-state index in [9.17, 15) is 0 Å². The van der Waals surface area contributed by atoms with Crippen LogP contribution in [0, 0.1) is 6.92 Å². The van der Waals surface area contributed by atoms with Crippen LogP contribution in [-0.2, 0) is 0 Å². The fraction of sp³-hybridized carbons (Fsp3) is 0.360. The molecule has 140 valence electrons. The number of hydrogen-bond donors (Lipinski definition) is 0. The van der Waals surface area contributed by atoms with Crippen molar-refractivity contribution in [3.05, 3.63) is 70.8 Å². The van der Waals surface area contributed by atoms with Gasteiger partial charge < -0.3 is 9.47 Å². The Labute approximate surface area is 162 Å². The highest BCUT2D eigenvalue weighted by molar-refractivity contribution is 5.86. The summed E-state index contributed by atoms with van der Waals surface area (Å²) < 4.78 is 11.4. The van der Waals surface area contributed by atoms with E-state index in [2.05, 4.69) is 62.4 Å². The molecule has 0 N–H and O–H groups in total. The molecule has 27 heavy (non-hydrogen) atoms. The number of fused-ring (bicyclic) bond motifs is 1. The number of hydrogen-bond acceptors (Lipinski definition) is 2. The molecule has 0 heterocycles. The second kappa shape index (κ2) is 7.26. The van der Waals surface area contributed by atoms with Gasteiger partial charge in [0.25, 0.3) is 0 Å². The lowest BCUT2D eigenvalue weighted by Gasteiger charge is -2.29. The summed E-state index contributed by atoms with van der Waals surface area (Å²) in [4.78, 5) is 0. The van der Waals surface area contributed by atoms with Crippen molar-refractivity contribution in [2.24, 2.45) is 0 Å². The van der Waals surface area contributed by atoms with Crippen LogP contribution in [0.1, 0.15) is 60.3 Å². The summed E-state index contributed by atoms with van der Waals surface area (Å²) in [6.45, 7) is 4.53. The van der Waals surface area contributed by atoms with Gasteiger partial charge in [0.2, 0.25) is 0 Å². The molecular weight excluding hydrogens is 332 g/mol. The molecule has 2 heteroatoms. The number of ether oxygens (including phenoxy) is 2. The van der Waals surface area contributed by atoms with Crippen LogP contribution in [0.25, 0.3) is 10.8 Å². The van der Waals surface area contributed by atoms with Gasteiger partial charge in [-0.25, -0.2) is 0 Å². The number of rotatable bonds is 5. The highest BCUT2D eigenvalue weighted by atomic mass is 16.5. The lowest BCUT2D eigenvalue weighted by atomic mass is 9.77. The minimum absolute atomic E-state index is 0.299. The smallest absolute Gasteiger partial charge is 0.164 e. The van der Waals surface area contributed by atoms with Crippen molar-refractivity contribution in [1.29, 1.82) is 0 Å². The molecule has 1 unspecified atom stereocenters. The van der Waals surface area contributed by atoms with Gasteiger partial charge in [-0.3, -0.25) is 0 Å². The lowest BCUT2D eigenvalue weighted by Crippen LogP contribution is -2.12. The number of methoxy groups -OCH3 is 2. The Morgan fingerprint density at radius 1 is 0.963 bits per heavy atom. The minimum Gasteiger partial charge on any atom is -0.493 e. The van der Waals surface area contributed by atoms with E-state index in [-0.39, 0.29) is 0 Å². The molecule has 4 rings (SSSR count). The average Bonchev–Trinajstić information content (AvgIpc) is 2.66. The third-order valence-corrected chi connectivity index (χ3v) is 6.28. The highest BCUT2D eigenvalue weighted by Gasteiger charge is 2.27. The predicted molar refractivity (Wildman–Crippen MR) is 112 cm³/mol.